The molecule has 8 heteroatoms. The molecule has 1 aliphatic rings. The van der Waals surface area contributed by atoms with E-state index in [0.29, 0.717) is 32.5 Å². The van der Waals surface area contributed by atoms with E-state index in [-0.39, 0.29) is 18.0 Å². The van der Waals surface area contributed by atoms with Gasteiger partial charge in [0, 0.05) is 18.0 Å². The van der Waals surface area contributed by atoms with Gasteiger partial charge in [0.05, 0.1) is 6.54 Å². The summed E-state index contributed by atoms with van der Waals surface area (Å²) in [5, 5.41) is 10.1. The number of imide groups is 1. The molecule has 7 nitrogen and oxygen atoms in total. The van der Waals surface area contributed by atoms with Gasteiger partial charge in [-0.1, -0.05) is 13.0 Å². The quantitative estimate of drug-likeness (QED) is 0.522. The van der Waals surface area contributed by atoms with Gasteiger partial charge in [0.25, 0.3) is 5.91 Å². The highest BCUT2D eigenvalue weighted by Crippen LogP contribution is 2.20. The van der Waals surface area contributed by atoms with E-state index in [2.05, 4.69) is 16.0 Å². The standard InChI is InChI=1S/C15H22N4O3S/c1-3-15(2)12(20)19(14(22)18-15)8-5-7-16-13(21)17-10-11-6-4-9-23-11/h4,6,9H,3,5,7-8,10H2,1-2H3,(H,18,22)(H2,16,17,21)/t15-/m1/s1. The van der Waals surface area contributed by atoms with Crippen LogP contribution in [-0.4, -0.2) is 41.5 Å². The zero-order chi connectivity index (χ0) is 16.9. The van der Waals surface area contributed by atoms with Crippen LogP contribution in [0.3, 0.4) is 0 Å². The van der Waals surface area contributed by atoms with E-state index in [1.54, 1.807) is 18.3 Å². The second-order valence-electron chi connectivity index (χ2n) is 5.61. The summed E-state index contributed by atoms with van der Waals surface area (Å²) in [4.78, 5) is 37.9. The summed E-state index contributed by atoms with van der Waals surface area (Å²) in [5.41, 5.74) is -0.803. The molecule has 1 aromatic rings. The first-order valence-electron chi connectivity index (χ1n) is 7.64. The predicted molar refractivity (Wildman–Crippen MR) is 88.1 cm³/mol. The van der Waals surface area contributed by atoms with Crippen molar-refractivity contribution in [3.8, 4) is 0 Å². The number of hydrogen-bond acceptors (Lipinski definition) is 4. The number of hydrogen-bond donors (Lipinski definition) is 3. The van der Waals surface area contributed by atoms with E-state index in [9.17, 15) is 14.4 Å². The highest BCUT2D eigenvalue weighted by atomic mass is 32.1. The molecule has 5 amide bonds. The van der Waals surface area contributed by atoms with Crippen LogP contribution in [0.1, 0.15) is 31.6 Å². The number of amides is 5. The second-order valence-corrected chi connectivity index (χ2v) is 6.65. The van der Waals surface area contributed by atoms with Crippen molar-refractivity contribution < 1.29 is 14.4 Å². The Balaban J connectivity index is 1.66. The van der Waals surface area contributed by atoms with Crippen molar-refractivity contribution in [1.29, 1.82) is 0 Å². The maximum absolute atomic E-state index is 12.2. The average Bonchev–Trinajstić information content (AvgIpc) is 3.11. The van der Waals surface area contributed by atoms with Gasteiger partial charge in [-0.2, -0.15) is 0 Å². The van der Waals surface area contributed by atoms with Crippen LogP contribution in [0.15, 0.2) is 17.5 Å². The minimum Gasteiger partial charge on any atom is -0.338 e. The first kappa shape index (κ1) is 17.3. The minimum absolute atomic E-state index is 0.202. The van der Waals surface area contributed by atoms with E-state index < -0.39 is 5.54 Å². The maximum atomic E-state index is 12.2. The molecule has 0 bridgehead atoms. The summed E-state index contributed by atoms with van der Waals surface area (Å²) < 4.78 is 0. The first-order valence-corrected chi connectivity index (χ1v) is 8.52. The fraction of sp³-hybridized carbons (Fsp3) is 0.533. The maximum Gasteiger partial charge on any atom is 0.325 e. The molecule has 23 heavy (non-hydrogen) atoms. The van der Waals surface area contributed by atoms with Gasteiger partial charge in [-0.25, -0.2) is 9.59 Å². The highest BCUT2D eigenvalue weighted by molar-refractivity contribution is 7.09. The monoisotopic (exact) mass is 338 g/mol. The summed E-state index contributed by atoms with van der Waals surface area (Å²) in [6.07, 6.45) is 1.07. The molecular weight excluding hydrogens is 316 g/mol. The summed E-state index contributed by atoms with van der Waals surface area (Å²) in [6, 6.07) is 3.27. The number of urea groups is 2. The number of nitrogens with zero attached hydrogens (tertiary/aromatic N) is 1. The predicted octanol–water partition coefficient (Wildman–Crippen LogP) is 1.66. The van der Waals surface area contributed by atoms with Crippen molar-refractivity contribution in [2.45, 2.75) is 38.8 Å². The van der Waals surface area contributed by atoms with Gasteiger partial charge < -0.3 is 16.0 Å². The summed E-state index contributed by atoms with van der Waals surface area (Å²) in [7, 11) is 0. The smallest absolute Gasteiger partial charge is 0.325 e. The van der Waals surface area contributed by atoms with Crippen LogP contribution >= 0.6 is 11.3 Å². The lowest BCUT2D eigenvalue weighted by atomic mass is 9.99. The third kappa shape index (κ3) is 4.22. The van der Waals surface area contributed by atoms with E-state index in [1.165, 1.54) is 4.90 Å². The van der Waals surface area contributed by atoms with Gasteiger partial charge in [-0.05, 0) is 31.2 Å². The third-order valence-corrected chi connectivity index (χ3v) is 4.78. The van der Waals surface area contributed by atoms with Gasteiger partial charge in [-0.3, -0.25) is 9.69 Å². The van der Waals surface area contributed by atoms with Crippen molar-refractivity contribution >= 4 is 29.3 Å². The molecule has 3 N–H and O–H groups in total. The molecular formula is C15H22N4O3S. The van der Waals surface area contributed by atoms with Crippen molar-refractivity contribution in [3.63, 3.8) is 0 Å². The number of carbonyl (C=O) groups is 3. The van der Waals surface area contributed by atoms with Gasteiger partial charge in [0.1, 0.15) is 5.54 Å². The normalized spacial score (nSPS) is 20.5. The number of nitrogens with one attached hydrogen (secondary N) is 3. The molecule has 1 atom stereocenters. The van der Waals surface area contributed by atoms with Crippen LogP contribution in [0.4, 0.5) is 9.59 Å². The van der Waals surface area contributed by atoms with Crippen LogP contribution < -0.4 is 16.0 Å². The van der Waals surface area contributed by atoms with Gasteiger partial charge >= 0.3 is 12.1 Å². The van der Waals surface area contributed by atoms with E-state index in [1.807, 2.05) is 24.4 Å². The topological polar surface area (TPSA) is 90.5 Å². The van der Waals surface area contributed by atoms with E-state index >= 15 is 0 Å². The summed E-state index contributed by atoms with van der Waals surface area (Å²) in [5.74, 6) is -0.202. The Bertz CT molecular complexity index is 575. The fourth-order valence-electron chi connectivity index (χ4n) is 2.27. The largest absolute Gasteiger partial charge is 0.338 e. The number of carbonyl (C=O) groups excluding carboxylic acids is 3. The van der Waals surface area contributed by atoms with Crippen LogP contribution in [-0.2, 0) is 11.3 Å². The molecule has 0 aliphatic carbocycles. The number of thiophene rings is 1. The molecule has 2 rings (SSSR count). The molecule has 0 unspecified atom stereocenters. The third-order valence-electron chi connectivity index (χ3n) is 3.90. The molecule has 1 fully saturated rings. The van der Waals surface area contributed by atoms with Crippen molar-refractivity contribution in [1.82, 2.24) is 20.9 Å². The second kappa shape index (κ2) is 7.45. The molecule has 126 valence electrons. The van der Waals surface area contributed by atoms with Gasteiger partial charge in [0.2, 0.25) is 0 Å². The van der Waals surface area contributed by atoms with Gasteiger partial charge in [-0.15, -0.1) is 11.3 Å². The fourth-order valence-corrected chi connectivity index (χ4v) is 2.92. The Morgan fingerprint density at radius 2 is 2.17 bits per heavy atom. The Morgan fingerprint density at radius 3 is 2.78 bits per heavy atom. The summed E-state index contributed by atoms with van der Waals surface area (Å²) >= 11 is 1.58. The van der Waals surface area contributed by atoms with Crippen LogP contribution in [0.2, 0.25) is 0 Å². The Kier molecular flexibility index (Phi) is 5.59. The molecule has 1 aliphatic heterocycles. The van der Waals surface area contributed by atoms with Crippen molar-refractivity contribution in [2.24, 2.45) is 0 Å². The zero-order valence-corrected chi connectivity index (χ0v) is 14.2. The van der Waals surface area contributed by atoms with Gasteiger partial charge in [0.15, 0.2) is 0 Å². The zero-order valence-electron chi connectivity index (χ0n) is 13.3. The molecule has 0 spiro atoms. The molecule has 1 aromatic heterocycles. The average molecular weight is 338 g/mol. The van der Waals surface area contributed by atoms with Crippen LogP contribution in [0, 0.1) is 0 Å². The highest BCUT2D eigenvalue weighted by Gasteiger charge is 2.45. The first-order chi connectivity index (χ1) is 11.0. The lowest BCUT2D eigenvalue weighted by molar-refractivity contribution is -0.130. The molecule has 2 heterocycles. The molecule has 0 saturated carbocycles. The summed E-state index contributed by atoms with van der Waals surface area (Å²) in [6.45, 7) is 4.78. The lowest BCUT2D eigenvalue weighted by Gasteiger charge is -2.19. The molecule has 1 saturated heterocycles. The van der Waals surface area contributed by atoms with Crippen molar-refractivity contribution in [2.75, 3.05) is 13.1 Å². The SMILES string of the molecule is CC[C@@]1(C)NC(=O)N(CCCNC(=O)NCc2cccs2)C1=O. The molecule has 0 radical (unpaired) electrons. The van der Waals surface area contributed by atoms with Crippen LogP contribution in [0.25, 0.3) is 0 Å². The van der Waals surface area contributed by atoms with Crippen molar-refractivity contribution in [3.05, 3.63) is 22.4 Å². The van der Waals surface area contributed by atoms with E-state index in [4.69, 9.17) is 0 Å². The Labute approximate surface area is 139 Å². The Hall–Kier alpha value is -2.09. The Morgan fingerprint density at radius 1 is 1.39 bits per heavy atom. The molecule has 0 aromatic carbocycles. The number of rotatable bonds is 7. The lowest BCUT2D eigenvalue weighted by Crippen LogP contribution is -2.43. The van der Waals surface area contributed by atoms with E-state index in [0.717, 1.165) is 4.88 Å². The van der Waals surface area contributed by atoms with Crippen LogP contribution in [0.5, 0.6) is 0 Å². The minimum atomic E-state index is -0.803.